The molecule has 2 aromatic rings. The highest BCUT2D eigenvalue weighted by Gasteiger charge is 2.29. The lowest BCUT2D eigenvalue weighted by Crippen LogP contribution is -2.42. The van der Waals surface area contributed by atoms with Gasteiger partial charge < -0.3 is 10.6 Å². The largest absolute Gasteiger partial charge is 0.369 e. The molecule has 2 amide bonds. The van der Waals surface area contributed by atoms with Crippen LogP contribution in [0, 0.1) is 19.8 Å². The predicted octanol–water partition coefficient (Wildman–Crippen LogP) is 3.74. The normalized spacial score (nSPS) is 15.4. The fourth-order valence-electron chi connectivity index (χ4n) is 4.30. The Hall–Kier alpha value is -2.87. The number of rotatable bonds is 5. The third-order valence-corrected chi connectivity index (χ3v) is 7.85. The van der Waals surface area contributed by atoms with Crippen molar-refractivity contribution in [1.29, 1.82) is 0 Å². The zero-order valence-electron chi connectivity index (χ0n) is 19.9. The van der Waals surface area contributed by atoms with Crippen molar-refractivity contribution in [3.05, 3.63) is 58.7 Å². The number of para-hydroxylation sites is 1. The maximum absolute atomic E-state index is 13.4. The molecule has 0 atom stereocenters. The Balaban J connectivity index is 1.89. The van der Waals surface area contributed by atoms with E-state index in [1.807, 2.05) is 12.1 Å². The van der Waals surface area contributed by atoms with Crippen LogP contribution < -0.4 is 10.5 Å². The van der Waals surface area contributed by atoms with E-state index in [1.165, 1.54) is 0 Å². The molecule has 2 aromatic carbocycles. The second-order valence-electron chi connectivity index (χ2n) is 9.81. The van der Waals surface area contributed by atoms with Gasteiger partial charge in [0.05, 0.1) is 16.1 Å². The minimum atomic E-state index is -3.93. The van der Waals surface area contributed by atoms with Gasteiger partial charge in [0.1, 0.15) is 0 Å². The number of anilines is 1. The molecular weight excluding hydrogens is 438 g/mol. The van der Waals surface area contributed by atoms with Crippen LogP contribution in [0.3, 0.4) is 0 Å². The molecule has 33 heavy (non-hydrogen) atoms. The van der Waals surface area contributed by atoms with Crippen molar-refractivity contribution in [2.45, 2.75) is 57.8 Å². The highest BCUT2D eigenvalue weighted by atomic mass is 32.2. The summed E-state index contributed by atoms with van der Waals surface area (Å²) in [6.07, 6.45) is 1.01. The van der Waals surface area contributed by atoms with E-state index in [9.17, 15) is 18.0 Å². The Kier molecular flexibility index (Phi) is 6.88. The molecule has 0 unspecified atom stereocenters. The molecule has 7 nitrogen and oxygen atoms in total. The molecule has 0 saturated carbocycles. The van der Waals surface area contributed by atoms with Crippen molar-refractivity contribution in [3.8, 4) is 0 Å². The maximum atomic E-state index is 13.4. The lowest BCUT2D eigenvalue weighted by Gasteiger charge is -2.31. The molecule has 1 aliphatic heterocycles. The van der Waals surface area contributed by atoms with Crippen LogP contribution in [0.25, 0.3) is 0 Å². The van der Waals surface area contributed by atoms with Crippen LogP contribution in [-0.2, 0) is 20.2 Å². The molecule has 1 heterocycles. The molecule has 3 N–H and O–H groups in total. The number of hydrogen-bond acceptors (Lipinski definition) is 4. The predicted molar refractivity (Wildman–Crippen MR) is 130 cm³/mol. The monoisotopic (exact) mass is 471 g/mol. The molecule has 3 rings (SSSR count). The van der Waals surface area contributed by atoms with Gasteiger partial charge in [0, 0.05) is 19.0 Å². The smallest absolute Gasteiger partial charge is 0.262 e. The van der Waals surface area contributed by atoms with Gasteiger partial charge in [-0.05, 0) is 60.9 Å². The molecule has 1 fully saturated rings. The van der Waals surface area contributed by atoms with E-state index in [0.29, 0.717) is 37.1 Å². The average molecular weight is 472 g/mol. The number of primary amides is 1. The highest BCUT2D eigenvalue weighted by molar-refractivity contribution is 7.92. The van der Waals surface area contributed by atoms with Crippen molar-refractivity contribution < 1.29 is 18.0 Å². The standard InChI is InChI=1S/C25H33N3O4S/c1-16-14-19(25(3,4)5)15-17(2)22(16)33(31,32)27-21-9-7-6-8-20(21)24(30)28-12-10-18(11-13-28)23(26)29/h6-9,14-15,18,27H,10-13H2,1-5H3,(H2,26,29). The molecule has 0 aliphatic carbocycles. The molecule has 0 bridgehead atoms. The first kappa shape index (κ1) is 24.8. The Labute approximate surface area is 196 Å². The fraction of sp³-hybridized carbons (Fsp3) is 0.440. The van der Waals surface area contributed by atoms with Crippen LogP contribution in [0.5, 0.6) is 0 Å². The quantitative estimate of drug-likeness (QED) is 0.692. The van der Waals surface area contributed by atoms with E-state index in [1.54, 1.807) is 43.0 Å². The molecule has 8 heteroatoms. The number of aryl methyl sites for hydroxylation is 2. The third-order valence-electron chi connectivity index (χ3n) is 6.18. The van der Waals surface area contributed by atoms with Gasteiger partial charge in [-0.15, -0.1) is 0 Å². The lowest BCUT2D eigenvalue weighted by molar-refractivity contribution is -0.123. The van der Waals surface area contributed by atoms with E-state index in [2.05, 4.69) is 25.5 Å². The van der Waals surface area contributed by atoms with E-state index in [0.717, 1.165) is 5.56 Å². The number of benzene rings is 2. The number of sulfonamides is 1. The summed E-state index contributed by atoms with van der Waals surface area (Å²) >= 11 is 0. The van der Waals surface area contributed by atoms with Crippen LogP contribution in [0.1, 0.15) is 60.7 Å². The molecule has 0 aromatic heterocycles. The lowest BCUT2D eigenvalue weighted by atomic mass is 9.85. The van der Waals surface area contributed by atoms with Gasteiger partial charge in [0.15, 0.2) is 0 Å². The Morgan fingerprint density at radius 1 is 1.03 bits per heavy atom. The van der Waals surface area contributed by atoms with Gasteiger partial charge in [-0.1, -0.05) is 45.0 Å². The second-order valence-corrected chi connectivity index (χ2v) is 11.4. The van der Waals surface area contributed by atoms with Crippen molar-refractivity contribution >= 4 is 27.5 Å². The van der Waals surface area contributed by atoms with Crippen LogP contribution in [0.4, 0.5) is 5.69 Å². The van der Waals surface area contributed by atoms with E-state index in [4.69, 9.17) is 5.73 Å². The van der Waals surface area contributed by atoms with E-state index < -0.39 is 10.0 Å². The molecule has 178 valence electrons. The molecule has 0 radical (unpaired) electrons. The second kappa shape index (κ2) is 9.17. The van der Waals surface area contributed by atoms with Crippen molar-refractivity contribution in [2.24, 2.45) is 11.7 Å². The topological polar surface area (TPSA) is 110 Å². The van der Waals surface area contributed by atoms with E-state index >= 15 is 0 Å². The fourth-order valence-corrected chi connectivity index (χ4v) is 5.83. The van der Waals surface area contributed by atoms with E-state index in [-0.39, 0.29) is 39.3 Å². The average Bonchev–Trinajstić information content (AvgIpc) is 2.72. The van der Waals surface area contributed by atoms with Gasteiger partial charge in [-0.3, -0.25) is 14.3 Å². The first-order valence-electron chi connectivity index (χ1n) is 11.1. The first-order chi connectivity index (χ1) is 15.3. The zero-order valence-corrected chi connectivity index (χ0v) is 20.8. The van der Waals surface area contributed by atoms with Crippen molar-refractivity contribution in [3.63, 3.8) is 0 Å². The van der Waals surface area contributed by atoms with Gasteiger partial charge in [-0.25, -0.2) is 8.42 Å². The third kappa shape index (κ3) is 5.38. The Morgan fingerprint density at radius 3 is 2.09 bits per heavy atom. The summed E-state index contributed by atoms with van der Waals surface area (Å²) in [5, 5.41) is 0. The molecular formula is C25H33N3O4S. The van der Waals surface area contributed by atoms with Gasteiger partial charge >= 0.3 is 0 Å². The number of nitrogens with zero attached hydrogens (tertiary/aromatic N) is 1. The van der Waals surface area contributed by atoms with Crippen LogP contribution in [-0.4, -0.2) is 38.2 Å². The molecule has 1 aliphatic rings. The number of hydrogen-bond donors (Lipinski definition) is 2. The summed E-state index contributed by atoms with van der Waals surface area (Å²) in [5.41, 5.74) is 8.17. The number of amides is 2. The Bertz CT molecular complexity index is 1150. The van der Waals surface area contributed by atoms with Gasteiger partial charge in [0.25, 0.3) is 15.9 Å². The first-order valence-corrected chi connectivity index (χ1v) is 12.6. The number of likely N-dealkylation sites (tertiary alicyclic amines) is 1. The maximum Gasteiger partial charge on any atom is 0.262 e. The molecule has 1 saturated heterocycles. The number of piperidine rings is 1. The summed E-state index contributed by atoms with van der Waals surface area (Å²) < 4.78 is 29.4. The minimum Gasteiger partial charge on any atom is -0.369 e. The van der Waals surface area contributed by atoms with Gasteiger partial charge in [0.2, 0.25) is 5.91 Å². The van der Waals surface area contributed by atoms with Crippen LogP contribution >= 0.6 is 0 Å². The molecule has 0 spiro atoms. The van der Waals surface area contributed by atoms with Crippen LogP contribution in [0.15, 0.2) is 41.3 Å². The number of carbonyl (C=O) groups is 2. The van der Waals surface area contributed by atoms with Gasteiger partial charge in [-0.2, -0.15) is 0 Å². The van der Waals surface area contributed by atoms with Crippen molar-refractivity contribution in [2.75, 3.05) is 17.8 Å². The summed E-state index contributed by atoms with van der Waals surface area (Å²) in [5.74, 6) is -0.851. The highest BCUT2D eigenvalue weighted by Crippen LogP contribution is 2.31. The summed E-state index contributed by atoms with van der Waals surface area (Å²) in [6, 6.07) is 10.4. The summed E-state index contributed by atoms with van der Waals surface area (Å²) in [6.45, 7) is 10.6. The van der Waals surface area contributed by atoms with Crippen LogP contribution in [0.2, 0.25) is 0 Å². The zero-order chi connectivity index (χ0) is 24.6. The number of nitrogens with one attached hydrogen (secondary N) is 1. The minimum absolute atomic E-state index is 0.105. The SMILES string of the molecule is Cc1cc(C(C)(C)C)cc(C)c1S(=O)(=O)Nc1ccccc1C(=O)N1CCC(C(N)=O)CC1. The summed E-state index contributed by atoms with van der Waals surface area (Å²) in [7, 11) is -3.93. The Morgan fingerprint density at radius 2 is 1.58 bits per heavy atom. The number of nitrogens with two attached hydrogens (primary N) is 1. The number of carbonyl (C=O) groups excluding carboxylic acids is 2. The van der Waals surface area contributed by atoms with Crippen molar-refractivity contribution in [1.82, 2.24) is 4.90 Å². The summed E-state index contributed by atoms with van der Waals surface area (Å²) in [4.78, 5) is 26.5.